The predicted molar refractivity (Wildman–Crippen MR) is 63.9 cm³/mol. The second kappa shape index (κ2) is 4.28. The van der Waals surface area contributed by atoms with Crippen molar-refractivity contribution in [3.63, 3.8) is 0 Å². The van der Waals surface area contributed by atoms with E-state index in [1.807, 2.05) is 32.0 Å². The molecular weight excluding hydrogens is 200 g/mol. The Labute approximate surface area is 96.6 Å². The summed E-state index contributed by atoms with van der Waals surface area (Å²) in [6.07, 6.45) is 2.42. The van der Waals surface area contributed by atoms with Crippen LogP contribution in [0.4, 0.5) is 0 Å². The van der Waals surface area contributed by atoms with Crippen molar-refractivity contribution in [3.05, 3.63) is 29.3 Å². The van der Waals surface area contributed by atoms with Crippen molar-refractivity contribution in [2.24, 2.45) is 11.8 Å². The largest absolute Gasteiger partial charge is 0.497 e. The average molecular weight is 218 g/mol. The van der Waals surface area contributed by atoms with Gasteiger partial charge in [-0.05, 0) is 49.4 Å². The molecule has 0 bridgehead atoms. The summed E-state index contributed by atoms with van der Waals surface area (Å²) in [5.74, 6) is 1.89. The smallest absolute Gasteiger partial charge is 0.166 e. The molecular formula is C14H18O2. The third-order valence-corrected chi connectivity index (χ3v) is 3.44. The number of rotatable bonds is 4. The first-order valence-electron chi connectivity index (χ1n) is 5.82. The Kier molecular flexibility index (Phi) is 2.99. The number of carbonyl (C=O) groups is 1. The van der Waals surface area contributed by atoms with Crippen LogP contribution < -0.4 is 4.74 Å². The molecule has 1 aliphatic rings. The van der Waals surface area contributed by atoms with Crippen LogP contribution in [0.1, 0.15) is 35.7 Å². The molecule has 2 heteroatoms. The minimum absolute atomic E-state index is 0.173. The summed E-state index contributed by atoms with van der Waals surface area (Å²) >= 11 is 0. The lowest BCUT2D eigenvalue weighted by Crippen LogP contribution is -2.14. The number of methoxy groups -OCH3 is 1. The van der Waals surface area contributed by atoms with Crippen LogP contribution in [0, 0.1) is 18.8 Å². The second-order valence-electron chi connectivity index (χ2n) is 4.67. The molecule has 2 nitrogen and oxygen atoms in total. The molecule has 0 saturated heterocycles. The molecule has 16 heavy (non-hydrogen) atoms. The van der Waals surface area contributed by atoms with Crippen LogP contribution in [-0.4, -0.2) is 12.9 Å². The Balaban J connectivity index is 2.22. The fourth-order valence-corrected chi connectivity index (χ4v) is 2.10. The predicted octanol–water partition coefficient (Wildman–Crippen LogP) is 3.23. The fraction of sp³-hybridized carbons (Fsp3) is 0.500. The average Bonchev–Trinajstić information content (AvgIpc) is 3.10. The molecule has 1 fully saturated rings. The van der Waals surface area contributed by atoms with Gasteiger partial charge in [0.25, 0.3) is 0 Å². The third kappa shape index (κ3) is 2.11. The van der Waals surface area contributed by atoms with Gasteiger partial charge >= 0.3 is 0 Å². The minimum atomic E-state index is 0.173. The maximum atomic E-state index is 12.2. The van der Waals surface area contributed by atoms with Gasteiger partial charge in [-0.15, -0.1) is 0 Å². The van der Waals surface area contributed by atoms with Crippen LogP contribution >= 0.6 is 0 Å². The van der Waals surface area contributed by atoms with E-state index in [4.69, 9.17) is 4.74 Å². The first-order chi connectivity index (χ1) is 7.63. The molecule has 0 aromatic heterocycles. The number of Topliss-reactive ketones (excluding diaryl/α,β-unsaturated/α-hetero) is 1. The van der Waals surface area contributed by atoms with E-state index >= 15 is 0 Å². The van der Waals surface area contributed by atoms with E-state index in [2.05, 4.69) is 0 Å². The molecule has 0 amide bonds. The van der Waals surface area contributed by atoms with Gasteiger partial charge in [0.05, 0.1) is 7.11 Å². The minimum Gasteiger partial charge on any atom is -0.497 e. The third-order valence-electron chi connectivity index (χ3n) is 3.44. The molecule has 0 heterocycles. The number of hydrogen-bond acceptors (Lipinski definition) is 2. The molecule has 86 valence electrons. The van der Waals surface area contributed by atoms with Crippen LogP contribution in [0.15, 0.2) is 18.2 Å². The SMILES string of the molecule is COc1ccc(C(=O)C(C)C2CC2)c(C)c1. The second-order valence-corrected chi connectivity index (χ2v) is 4.67. The summed E-state index contributed by atoms with van der Waals surface area (Å²) in [5, 5.41) is 0. The van der Waals surface area contributed by atoms with Crippen molar-refractivity contribution in [3.8, 4) is 5.75 Å². The zero-order valence-corrected chi connectivity index (χ0v) is 10.1. The Morgan fingerprint density at radius 1 is 1.44 bits per heavy atom. The Hall–Kier alpha value is -1.31. The number of aryl methyl sites for hydroxylation is 1. The highest BCUT2D eigenvalue weighted by molar-refractivity contribution is 5.99. The summed E-state index contributed by atoms with van der Waals surface area (Å²) < 4.78 is 5.14. The summed E-state index contributed by atoms with van der Waals surface area (Å²) in [7, 11) is 1.64. The van der Waals surface area contributed by atoms with Crippen molar-refractivity contribution >= 4 is 5.78 Å². The van der Waals surface area contributed by atoms with Gasteiger partial charge in [-0.3, -0.25) is 4.79 Å². The van der Waals surface area contributed by atoms with Crippen LogP contribution in [0.2, 0.25) is 0 Å². The lowest BCUT2D eigenvalue weighted by atomic mass is 9.92. The molecule has 1 aromatic rings. The van der Waals surface area contributed by atoms with Crippen molar-refractivity contribution in [1.29, 1.82) is 0 Å². The van der Waals surface area contributed by atoms with E-state index in [1.54, 1.807) is 7.11 Å². The molecule has 1 aromatic carbocycles. The summed E-state index contributed by atoms with van der Waals surface area (Å²) in [5.41, 5.74) is 1.86. The van der Waals surface area contributed by atoms with Crippen molar-refractivity contribution < 1.29 is 9.53 Å². The highest BCUT2D eigenvalue weighted by atomic mass is 16.5. The molecule has 0 spiro atoms. The Morgan fingerprint density at radius 3 is 2.62 bits per heavy atom. The van der Waals surface area contributed by atoms with Crippen molar-refractivity contribution in [1.82, 2.24) is 0 Å². The van der Waals surface area contributed by atoms with Gasteiger partial charge in [0.15, 0.2) is 5.78 Å². The van der Waals surface area contributed by atoms with E-state index in [0.717, 1.165) is 16.9 Å². The van der Waals surface area contributed by atoms with Crippen LogP contribution in [0.5, 0.6) is 5.75 Å². The first-order valence-corrected chi connectivity index (χ1v) is 5.82. The van der Waals surface area contributed by atoms with Gasteiger partial charge in [0.2, 0.25) is 0 Å². The molecule has 0 N–H and O–H groups in total. The number of ketones is 1. The maximum absolute atomic E-state index is 12.2. The standard InChI is InChI=1S/C14H18O2/c1-9-8-12(16-3)6-7-13(9)14(15)10(2)11-4-5-11/h6-8,10-11H,4-5H2,1-3H3. The zero-order valence-electron chi connectivity index (χ0n) is 10.1. The zero-order chi connectivity index (χ0) is 11.7. The van der Waals surface area contributed by atoms with Gasteiger partial charge in [-0.25, -0.2) is 0 Å². The fourth-order valence-electron chi connectivity index (χ4n) is 2.10. The lowest BCUT2D eigenvalue weighted by molar-refractivity contribution is 0.0915. The van der Waals surface area contributed by atoms with Gasteiger partial charge in [0.1, 0.15) is 5.75 Å². The molecule has 0 aliphatic heterocycles. The van der Waals surface area contributed by atoms with E-state index in [0.29, 0.717) is 5.92 Å². The molecule has 1 atom stereocenters. The summed E-state index contributed by atoms with van der Waals surface area (Å²) in [6.45, 7) is 4.01. The van der Waals surface area contributed by atoms with E-state index < -0.39 is 0 Å². The van der Waals surface area contributed by atoms with Gasteiger partial charge in [-0.2, -0.15) is 0 Å². The lowest BCUT2D eigenvalue weighted by Gasteiger charge is -2.12. The Bertz CT molecular complexity index is 405. The number of ether oxygens (including phenoxy) is 1. The van der Waals surface area contributed by atoms with E-state index in [-0.39, 0.29) is 11.7 Å². The summed E-state index contributed by atoms with van der Waals surface area (Å²) in [4.78, 5) is 12.2. The highest BCUT2D eigenvalue weighted by Crippen LogP contribution is 2.38. The van der Waals surface area contributed by atoms with Gasteiger partial charge < -0.3 is 4.74 Å². The first kappa shape index (κ1) is 11.2. The van der Waals surface area contributed by atoms with Crippen LogP contribution in [0.25, 0.3) is 0 Å². The van der Waals surface area contributed by atoms with E-state index in [1.165, 1.54) is 12.8 Å². The van der Waals surface area contributed by atoms with Crippen LogP contribution in [0.3, 0.4) is 0 Å². The maximum Gasteiger partial charge on any atom is 0.166 e. The monoisotopic (exact) mass is 218 g/mol. The molecule has 1 unspecified atom stereocenters. The molecule has 2 rings (SSSR count). The van der Waals surface area contributed by atoms with Gasteiger partial charge in [0, 0.05) is 11.5 Å². The molecule has 1 saturated carbocycles. The van der Waals surface area contributed by atoms with Gasteiger partial charge in [-0.1, -0.05) is 6.92 Å². The number of hydrogen-bond donors (Lipinski definition) is 0. The Morgan fingerprint density at radius 2 is 2.12 bits per heavy atom. The topological polar surface area (TPSA) is 26.3 Å². The summed E-state index contributed by atoms with van der Waals surface area (Å²) in [6, 6.07) is 5.67. The van der Waals surface area contributed by atoms with Crippen LogP contribution in [-0.2, 0) is 0 Å². The number of carbonyl (C=O) groups excluding carboxylic acids is 1. The van der Waals surface area contributed by atoms with E-state index in [9.17, 15) is 4.79 Å². The number of benzene rings is 1. The van der Waals surface area contributed by atoms with Crippen molar-refractivity contribution in [2.75, 3.05) is 7.11 Å². The highest BCUT2D eigenvalue weighted by Gasteiger charge is 2.33. The normalized spacial score (nSPS) is 16.9. The molecule has 1 aliphatic carbocycles. The molecule has 0 radical (unpaired) electrons. The quantitative estimate of drug-likeness (QED) is 0.725. The van der Waals surface area contributed by atoms with Crippen molar-refractivity contribution in [2.45, 2.75) is 26.7 Å².